The number of carbonyl (C=O) groups is 2. The summed E-state index contributed by atoms with van der Waals surface area (Å²) >= 11 is 0. The summed E-state index contributed by atoms with van der Waals surface area (Å²) in [7, 11) is -3.76. The fraction of sp³-hybridized carbons (Fsp3) is 0.391. The molecule has 0 atom stereocenters. The lowest BCUT2D eigenvalue weighted by Gasteiger charge is -2.38. The van der Waals surface area contributed by atoms with Gasteiger partial charge in [0.25, 0.3) is 0 Å². The third-order valence-electron chi connectivity index (χ3n) is 6.17. The predicted octanol–water partition coefficient (Wildman–Crippen LogP) is 2.68. The second-order valence-corrected chi connectivity index (χ2v) is 9.97. The molecule has 31 heavy (non-hydrogen) atoms. The van der Waals surface area contributed by atoms with Gasteiger partial charge in [0.05, 0.1) is 10.6 Å². The SMILES string of the molecule is Cc1ccc(C2(CNS(=O)(=O)c3ccc(N4C(=O)CCC4=O)cc3)CCOCC2)cc1. The quantitative estimate of drug-likeness (QED) is 0.695. The molecular formula is C23H26N2O5S. The number of nitrogens with zero attached hydrogens (tertiary/aromatic N) is 1. The molecule has 7 nitrogen and oxygen atoms in total. The van der Waals surface area contributed by atoms with Gasteiger partial charge in [0.15, 0.2) is 0 Å². The van der Waals surface area contributed by atoms with E-state index in [4.69, 9.17) is 4.74 Å². The van der Waals surface area contributed by atoms with Gasteiger partial charge in [-0.1, -0.05) is 29.8 Å². The second kappa shape index (κ2) is 8.53. The highest BCUT2D eigenvalue weighted by molar-refractivity contribution is 7.89. The van der Waals surface area contributed by atoms with Crippen LogP contribution in [0.3, 0.4) is 0 Å². The Morgan fingerprint density at radius 2 is 1.52 bits per heavy atom. The van der Waals surface area contributed by atoms with Crippen LogP contribution in [0, 0.1) is 6.92 Å². The molecule has 8 heteroatoms. The number of nitrogens with one attached hydrogen (secondary N) is 1. The lowest BCUT2D eigenvalue weighted by Crippen LogP contribution is -2.44. The number of hydrogen-bond acceptors (Lipinski definition) is 5. The average Bonchev–Trinajstić information content (AvgIpc) is 3.11. The molecule has 0 saturated carbocycles. The minimum Gasteiger partial charge on any atom is -0.381 e. The van der Waals surface area contributed by atoms with E-state index in [9.17, 15) is 18.0 Å². The van der Waals surface area contributed by atoms with Gasteiger partial charge in [-0.3, -0.25) is 14.5 Å². The van der Waals surface area contributed by atoms with Gasteiger partial charge in [-0.25, -0.2) is 13.1 Å². The van der Waals surface area contributed by atoms with Crippen molar-refractivity contribution in [1.29, 1.82) is 0 Å². The lowest BCUT2D eigenvalue weighted by atomic mass is 9.74. The molecule has 164 valence electrons. The van der Waals surface area contributed by atoms with Crippen LogP contribution in [0.15, 0.2) is 53.4 Å². The molecule has 0 radical (unpaired) electrons. The van der Waals surface area contributed by atoms with Gasteiger partial charge >= 0.3 is 0 Å². The molecule has 0 aliphatic carbocycles. The summed E-state index contributed by atoms with van der Waals surface area (Å²) < 4.78 is 34.3. The molecule has 0 aromatic heterocycles. The third kappa shape index (κ3) is 4.42. The number of imide groups is 1. The first kappa shape index (κ1) is 21.7. The highest BCUT2D eigenvalue weighted by atomic mass is 32.2. The fourth-order valence-electron chi connectivity index (χ4n) is 4.19. The van der Waals surface area contributed by atoms with E-state index in [1.54, 1.807) is 0 Å². The number of sulfonamides is 1. The van der Waals surface area contributed by atoms with Gasteiger partial charge < -0.3 is 4.74 Å². The van der Waals surface area contributed by atoms with E-state index in [1.807, 2.05) is 19.1 Å². The molecule has 2 aliphatic rings. The molecule has 2 aromatic rings. The Morgan fingerprint density at radius 1 is 0.935 bits per heavy atom. The Labute approximate surface area is 182 Å². The second-order valence-electron chi connectivity index (χ2n) is 8.20. The van der Waals surface area contributed by atoms with Gasteiger partial charge in [-0.15, -0.1) is 0 Å². The monoisotopic (exact) mass is 442 g/mol. The Kier molecular flexibility index (Phi) is 5.96. The molecule has 2 fully saturated rings. The van der Waals surface area contributed by atoms with Crippen molar-refractivity contribution in [3.63, 3.8) is 0 Å². The molecule has 0 unspecified atom stereocenters. The van der Waals surface area contributed by atoms with Gasteiger partial charge in [0.1, 0.15) is 0 Å². The number of amides is 2. The number of benzene rings is 2. The van der Waals surface area contributed by atoms with E-state index < -0.39 is 10.0 Å². The van der Waals surface area contributed by atoms with Gasteiger partial charge in [-0.05, 0) is 49.6 Å². The Morgan fingerprint density at radius 3 is 2.10 bits per heavy atom. The molecular weight excluding hydrogens is 416 g/mol. The van der Waals surface area contributed by atoms with Crippen molar-refractivity contribution < 1.29 is 22.7 Å². The van der Waals surface area contributed by atoms with Crippen LogP contribution >= 0.6 is 0 Å². The molecule has 2 amide bonds. The lowest BCUT2D eigenvalue weighted by molar-refractivity contribution is -0.121. The van der Waals surface area contributed by atoms with Crippen LogP contribution < -0.4 is 9.62 Å². The molecule has 2 aromatic carbocycles. The summed E-state index contributed by atoms with van der Waals surface area (Å²) in [5.74, 6) is -0.531. The van der Waals surface area contributed by atoms with Crippen LogP contribution in [0.25, 0.3) is 0 Å². The van der Waals surface area contributed by atoms with Crippen LogP contribution in [0.1, 0.15) is 36.8 Å². The molecule has 2 aliphatic heterocycles. The molecule has 4 rings (SSSR count). The molecule has 2 heterocycles. The average molecular weight is 443 g/mol. The Balaban J connectivity index is 1.53. The summed E-state index contributed by atoms with van der Waals surface area (Å²) in [6.07, 6.45) is 1.84. The first-order valence-electron chi connectivity index (χ1n) is 10.4. The maximum absolute atomic E-state index is 13.0. The zero-order valence-electron chi connectivity index (χ0n) is 17.5. The number of anilines is 1. The first-order valence-corrected chi connectivity index (χ1v) is 11.9. The summed E-state index contributed by atoms with van der Waals surface area (Å²) in [5.41, 5.74) is 2.33. The maximum atomic E-state index is 13.0. The summed E-state index contributed by atoms with van der Waals surface area (Å²) in [5, 5.41) is 0. The van der Waals surface area contributed by atoms with Crippen molar-refractivity contribution in [3.8, 4) is 0 Å². The molecule has 2 saturated heterocycles. The molecule has 0 spiro atoms. The normalized spacial score (nSPS) is 19.1. The van der Waals surface area contributed by atoms with Gasteiger partial charge in [-0.2, -0.15) is 0 Å². The van der Waals surface area contributed by atoms with Crippen molar-refractivity contribution >= 4 is 27.5 Å². The first-order chi connectivity index (χ1) is 14.8. The van der Waals surface area contributed by atoms with E-state index in [1.165, 1.54) is 24.3 Å². The van der Waals surface area contributed by atoms with Crippen LogP contribution in [-0.2, 0) is 29.8 Å². The van der Waals surface area contributed by atoms with Crippen molar-refractivity contribution in [1.82, 2.24) is 4.72 Å². The highest BCUT2D eigenvalue weighted by Gasteiger charge is 2.36. The summed E-state index contributed by atoms with van der Waals surface area (Å²) in [6.45, 7) is 3.47. The van der Waals surface area contributed by atoms with Crippen LogP contribution in [0.5, 0.6) is 0 Å². The van der Waals surface area contributed by atoms with Gasteiger partial charge in [0, 0.05) is 38.0 Å². The fourth-order valence-corrected chi connectivity index (χ4v) is 5.32. The zero-order valence-corrected chi connectivity index (χ0v) is 18.3. The summed E-state index contributed by atoms with van der Waals surface area (Å²) in [6, 6.07) is 14.1. The van der Waals surface area contributed by atoms with Crippen LogP contribution in [0.2, 0.25) is 0 Å². The zero-order chi connectivity index (χ0) is 22.1. The topological polar surface area (TPSA) is 92.8 Å². The van der Waals surface area contributed by atoms with Crippen molar-refractivity contribution in [2.75, 3.05) is 24.7 Å². The Bertz CT molecular complexity index is 1060. The van der Waals surface area contributed by atoms with E-state index in [0.29, 0.717) is 18.9 Å². The van der Waals surface area contributed by atoms with E-state index in [0.717, 1.165) is 28.9 Å². The third-order valence-corrected chi connectivity index (χ3v) is 7.59. The van der Waals surface area contributed by atoms with Crippen molar-refractivity contribution in [3.05, 3.63) is 59.7 Å². The van der Waals surface area contributed by atoms with Crippen molar-refractivity contribution in [2.24, 2.45) is 0 Å². The van der Waals surface area contributed by atoms with E-state index in [-0.39, 0.29) is 41.5 Å². The van der Waals surface area contributed by atoms with E-state index in [2.05, 4.69) is 16.9 Å². The van der Waals surface area contributed by atoms with Gasteiger partial charge in [0.2, 0.25) is 21.8 Å². The van der Waals surface area contributed by atoms with Crippen molar-refractivity contribution in [2.45, 2.75) is 42.9 Å². The molecule has 1 N–H and O–H groups in total. The number of carbonyl (C=O) groups excluding carboxylic acids is 2. The van der Waals surface area contributed by atoms with Crippen LogP contribution in [0.4, 0.5) is 5.69 Å². The minimum atomic E-state index is -3.76. The number of hydrogen-bond donors (Lipinski definition) is 1. The standard InChI is InChI=1S/C23H26N2O5S/c1-17-2-4-18(5-3-17)23(12-14-30-15-13-23)16-24-31(28,29)20-8-6-19(7-9-20)25-21(26)10-11-22(25)27/h2-9,24H,10-16H2,1H3. The number of rotatable bonds is 6. The number of ether oxygens (including phenoxy) is 1. The predicted molar refractivity (Wildman–Crippen MR) is 116 cm³/mol. The van der Waals surface area contributed by atoms with Crippen LogP contribution in [-0.4, -0.2) is 40.0 Å². The largest absolute Gasteiger partial charge is 0.381 e. The number of aryl methyl sites for hydroxylation is 1. The maximum Gasteiger partial charge on any atom is 0.240 e. The smallest absolute Gasteiger partial charge is 0.240 e. The summed E-state index contributed by atoms with van der Waals surface area (Å²) in [4.78, 5) is 25.0. The highest BCUT2D eigenvalue weighted by Crippen LogP contribution is 2.35. The Hall–Kier alpha value is -2.55. The minimum absolute atomic E-state index is 0.0986. The molecule has 0 bridgehead atoms. The van der Waals surface area contributed by atoms with E-state index >= 15 is 0 Å².